The van der Waals surface area contributed by atoms with Crippen LogP contribution in [0.3, 0.4) is 0 Å². The molecule has 21 rings (SSSR count). The second-order valence-corrected chi connectivity index (χ2v) is 39.5. The number of methoxy groups -OCH3 is 1. The van der Waals surface area contributed by atoms with E-state index in [-0.39, 0.29) is 78.9 Å². The Balaban J connectivity index is 0.000000128. The molecule has 8 aliphatic carbocycles. The van der Waals surface area contributed by atoms with Crippen molar-refractivity contribution >= 4 is 120 Å². The number of ether oxygens (including phenoxy) is 4. The van der Waals surface area contributed by atoms with Gasteiger partial charge in [-0.15, -0.1) is 0 Å². The lowest BCUT2D eigenvalue weighted by Crippen LogP contribution is -2.61. The van der Waals surface area contributed by atoms with Crippen molar-refractivity contribution in [3.05, 3.63) is 369 Å². The molecule has 8 aliphatic rings. The molecule has 0 radical (unpaired) electrons. The van der Waals surface area contributed by atoms with Gasteiger partial charge in [0.15, 0.2) is 0 Å². The molecule has 0 spiro atoms. The van der Waals surface area contributed by atoms with Gasteiger partial charge in [-0.3, -0.25) is 38.6 Å². The average molecular weight is 1900 g/mol. The average Bonchev–Trinajstić information content (AvgIpc) is 0.720. The van der Waals surface area contributed by atoms with Crippen molar-refractivity contribution in [2.75, 3.05) is 84.5 Å². The Morgan fingerprint density at radius 2 is 0.606 bits per heavy atom. The number of amides is 6. The molecule has 13 aromatic rings. The summed E-state index contributed by atoms with van der Waals surface area (Å²) in [6, 6.07) is 112. The molecule has 6 amide bonds. The molecule has 0 aromatic heterocycles. The number of fused-ring (bicyclic) bond motifs is 4. The maximum Gasteiger partial charge on any atom is 0.338 e. The van der Waals surface area contributed by atoms with Gasteiger partial charge in [-0.25, -0.2) is 14.4 Å². The minimum Gasteiger partial charge on any atom is -0.497 e. The molecule has 19 heteroatoms. The van der Waals surface area contributed by atoms with Crippen LogP contribution >= 0.6 is 0 Å². The molecular formula is C123H130N6O13. The first kappa shape index (κ1) is 100. The van der Waals surface area contributed by atoms with Gasteiger partial charge in [-0.1, -0.05) is 264 Å². The van der Waals surface area contributed by atoms with Crippen LogP contribution in [0.4, 0.5) is 45.5 Å². The SMILES string of the molecule is CCC(COC(=O)c1ccccc1)(COC(=O)c1ccccc1)COC(=O)c1ccccc1.CN(C(=O)C12CC3CC(C1)CC(C(=O)N(C)c1ccccc1)(C3)C2)c1ccccc1.CN(C(=O)C1C(C(=O)N(C)c2ccccc2)[C@H]2CC[C@@H]1C2)c1ccccc1.COc1ccc(N(C(=O)C2CCCCC2)c2cccc3ccccc23)cc1.O=C(C1CCCCC1)N(c1ccccc1)c1cccc2ccccc12. The molecule has 19 nitrogen and oxygen atoms in total. The van der Waals surface area contributed by atoms with E-state index in [4.69, 9.17) is 18.9 Å². The lowest BCUT2D eigenvalue weighted by atomic mass is 9.43. The van der Waals surface area contributed by atoms with Crippen molar-refractivity contribution in [3.8, 4) is 5.75 Å². The summed E-state index contributed by atoms with van der Waals surface area (Å²) in [4.78, 5) is 130. The van der Waals surface area contributed by atoms with Gasteiger partial charge >= 0.3 is 17.9 Å². The number of hydrogen-bond acceptors (Lipinski definition) is 13. The third-order valence-corrected chi connectivity index (χ3v) is 30.3. The smallest absolute Gasteiger partial charge is 0.338 e. The minimum absolute atomic E-state index is 0.0770. The van der Waals surface area contributed by atoms with E-state index in [9.17, 15) is 43.2 Å². The molecule has 0 N–H and O–H groups in total. The van der Waals surface area contributed by atoms with Crippen LogP contribution in [0.1, 0.15) is 166 Å². The summed E-state index contributed by atoms with van der Waals surface area (Å²) >= 11 is 0. The molecule has 0 heterocycles. The number of nitrogens with zero attached hydrogens (tertiary/aromatic N) is 6. The van der Waals surface area contributed by atoms with Gasteiger partial charge in [0.25, 0.3) is 0 Å². The highest BCUT2D eigenvalue weighted by atomic mass is 16.6. The number of para-hydroxylation sites is 5. The molecule has 0 saturated heterocycles. The summed E-state index contributed by atoms with van der Waals surface area (Å²) in [6.45, 7) is 1.62. The van der Waals surface area contributed by atoms with E-state index in [2.05, 4.69) is 42.5 Å². The number of carbonyl (C=O) groups excluding carboxylic acids is 9. The van der Waals surface area contributed by atoms with Gasteiger partial charge in [0, 0.05) is 84.9 Å². The maximum absolute atomic E-state index is 13.8. The fourth-order valence-corrected chi connectivity index (χ4v) is 23.0. The largest absolute Gasteiger partial charge is 0.497 e. The third-order valence-electron chi connectivity index (χ3n) is 30.3. The topological polar surface area (TPSA) is 210 Å². The van der Waals surface area contributed by atoms with Crippen LogP contribution in [0.2, 0.25) is 0 Å². The van der Waals surface area contributed by atoms with E-state index >= 15 is 0 Å². The van der Waals surface area contributed by atoms with Crippen LogP contribution in [0.25, 0.3) is 21.5 Å². The third kappa shape index (κ3) is 23.5. The van der Waals surface area contributed by atoms with Crippen LogP contribution in [0, 0.1) is 63.6 Å². The van der Waals surface area contributed by atoms with Crippen molar-refractivity contribution in [1.29, 1.82) is 0 Å². The molecule has 2 unspecified atom stereocenters. The molecule has 13 aromatic carbocycles. The number of esters is 3. The molecular weight excluding hydrogens is 1770 g/mol. The first-order valence-corrected chi connectivity index (χ1v) is 50.5. The van der Waals surface area contributed by atoms with Gasteiger partial charge in [0.2, 0.25) is 35.4 Å². The quantitative estimate of drug-likeness (QED) is 0.0385. The summed E-state index contributed by atoms with van der Waals surface area (Å²) in [6.07, 6.45) is 20.2. The second kappa shape index (κ2) is 47.1. The monoisotopic (exact) mass is 1900 g/mol. The maximum atomic E-state index is 13.8. The standard InChI is InChI=1S/C27H26O6.C26H30N2O2.C24H25NO2.C23H26N2O2.C23H23NO/c1-2-27(18-31-24(28)21-12-6-3-7-13-21,19-32-25(29)22-14-8-4-9-15-22)20-33-26(30)23-16-10-5-11-17-23;1-27(21-9-5-3-6-10-21)23(29)25-14-19-13-20(15-25)17-26(16-19,18-25)24(30)28(2)22-11-7-4-8-12-22;1-27-21-16-14-20(15-17-21)25(24(26)19-9-3-2-4-10-19)23-13-7-11-18-8-5-6-12-22(18)23;1-24(18-9-5-3-6-10-18)22(26)20-16-13-14-17(15-16)21(20)23(27)25(2)19-11-7-4-8-12-19;25-23(19-11-3-1-4-12-19)24(20-14-5-2-6-15-20)22-17-9-13-18-10-7-8-16-21(18)22/h3-17H,2,18-20H2,1H3;3-12,19-20H,13-18H2,1-2H3;5-8,11-17,19H,2-4,9-10H2,1H3;3-12,16-17,20-21H,13-15H2,1-2H3;2,5-10,13-17,19H,1,3-4,11-12H2/t;;;16-,17+,20?,21?;. The molecule has 8 fully saturated rings. The highest BCUT2D eigenvalue weighted by Crippen LogP contribution is 2.67. The fraction of sp³-hybridized carbons (Fsp3) is 0.325. The van der Waals surface area contributed by atoms with E-state index in [0.717, 1.165) is 169 Å². The Labute approximate surface area is 835 Å². The number of hydrogen-bond donors (Lipinski definition) is 0. The second-order valence-electron chi connectivity index (χ2n) is 39.5. The zero-order valence-electron chi connectivity index (χ0n) is 82.4. The Morgan fingerprint density at radius 3 is 0.937 bits per heavy atom. The Kier molecular flexibility index (Phi) is 33.3. The lowest BCUT2D eigenvalue weighted by Gasteiger charge is -2.61. The van der Waals surface area contributed by atoms with E-state index in [1.54, 1.807) is 108 Å². The number of carbonyl (C=O) groups is 9. The summed E-state index contributed by atoms with van der Waals surface area (Å²) in [5, 5.41) is 4.53. The predicted molar refractivity (Wildman–Crippen MR) is 564 cm³/mol. The normalized spacial score (nSPS) is 19.6. The van der Waals surface area contributed by atoms with Gasteiger partial charge in [0.1, 0.15) is 25.6 Å². The molecule has 730 valence electrons. The summed E-state index contributed by atoms with van der Waals surface area (Å²) in [7, 11) is 9.09. The summed E-state index contributed by atoms with van der Waals surface area (Å²) < 4.78 is 21.9. The first-order valence-electron chi connectivity index (χ1n) is 50.5. The highest BCUT2D eigenvalue weighted by Gasteiger charge is 2.64. The number of rotatable bonds is 25. The van der Waals surface area contributed by atoms with Gasteiger partial charge in [-0.2, -0.15) is 0 Å². The van der Waals surface area contributed by atoms with Crippen LogP contribution in [0.5, 0.6) is 5.75 Å². The zero-order chi connectivity index (χ0) is 99.1. The predicted octanol–water partition coefficient (Wildman–Crippen LogP) is 26.0. The van der Waals surface area contributed by atoms with Crippen molar-refractivity contribution in [1.82, 2.24) is 0 Å². The highest BCUT2D eigenvalue weighted by molar-refractivity contribution is 6.11. The number of benzene rings is 13. The molecule has 6 bridgehead atoms. The van der Waals surface area contributed by atoms with Gasteiger partial charge in [0.05, 0.1) is 63.3 Å². The van der Waals surface area contributed by atoms with Crippen LogP contribution in [-0.4, -0.2) is 108 Å². The fourth-order valence-electron chi connectivity index (χ4n) is 23.0. The molecule has 142 heavy (non-hydrogen) atoms. The van der Waals surface area contributed by atoms with E-state index in [1.807, 2.05) is 273 Å². The summed E-state index contributed by atoms with van der Waals surface area (Å²) in [5.41, 5.74) is 6.93. The van der Waals surface area contributed by atoms with Crippen molar-refractivity contribution in [3.63, 3.8) is 0 Å². The van der Waals surface area contributed by atoms with E-state index in [1.165, 1.54) is 19.3 Å². The van der Waals surface area contributed by atoms with Crippen molar-refractivity contribution in [2.45, 2.75) is 135 Å². The lowest BCUT2D eigenvalue weighted by molar-refractivity contribution is -0.164. The van der Waals surface area contributed by atoms with Crippen LogP contribution in [0.15, 0.2) is 352 Å². The minimum atomic E-state index is -0.903. The van der Waals surface area contributed by atoms with Gasteiger partial charge < -0.3 is 38.5 Å². The van der Waals surface area contributed by atoms with Crippen LogP contribution < -0.4 is 34.1 Å². The molecule has 8 saturated carbocycles. The molecule has 4 atom stereocenters. The Bertz CT molecular complexity index is 6130. The zero-order valence-corrected chi connectivity index (χ0v) is 82.4. The van der Waals surface area contributed by atoms with Crippen molar-refractivity contribution in [2.24, 2.45) is 63.6 Å². The van der Waals surface area contributed by atoms with E-state index < -0.39 is 34.2 Å². The molecule has 0 aliphatic heterocycles. The Morgan fingerprint density at radius 1 is 0.310 bits per heavy atom. The number of anilines is 8. The first-order chi connectivity index (χ1) is 69.1. The Hall–Kier alpha value is -14.6. The van der Waals surface area contributed by atoms with Crippen LogP contribution in [-0.2, 0) is 43.0 Å². The van der Waals surface area contributed by atoms with E-state index in [0.29, 0.717) is 53.2 Å². The van der Waals surface area contributed by atoms with Gasteiger partial charge in [-0.05, 0) is 258 Å². The van der Waals surface area contributed by atoms with Crippen molar-refractivity contribution < 1.29 is 62.1 Å². The summed E-state index contributed by atoms with van der Waals surface area (Å²) in [5.74, 6) is 1.68.